The minimum Gasteiger partial charge on any atom is -0.508 e. The highest BCUT2D eigenvalue weighted by molar-refractivity contribution is 5.98. The Kier molecular flexibility index (Phi) is 7.31. The van der Waals surface area contributed by atoms with Crippen molar-refractivity contribution >= 4 is 28.7 Å². The zero-order valence-corrected chi connectivity index (χ0v) is 21.9. The SMILES string of the molecule is Cn1c(CCc2ccc(C(=N)N)cc2)nc2cc(C(=O)N3CCC(NC(=O)c4cccc(O)c4)CC3)ccc21. The maximum Gasteiger partial charge on any atom is 0.253 e. The fraction of sp³-hybridized carbons (Fsp3) is 0.267. The van der Waals surface area contributed by atoms with Gasteiger partial charge in [-0.25, -0.2) is 4.98 Å². The third-order valence-corrected chi connectivity index (χ3v) is 7.35. The summed E-state index contributed by atoms with van der Waals surface area (Å²) in [7, 11) is 1.99. The molecule has 9 heteroatoms. The summed E-state index contributed by atoms with van der Waals surface area (Å²) >= 11 is 0. The molecule has 0 spiro atoms. The number of piperidine rings is 1. The minimum atomic E-state index is -0.222. The van der Waals surface area contributed by atoms with Crippen molar-refractivity contribution in [2.24, 2.45) is 12.8 Å². The number of fused-ring (bicyclic) bond motifs is 1. The van der Waals surface area contributed by atoms with E-state index in [1.807, 2.05) is 54.4 Å². The quantitative estimate of drug-likeness (QED) is 0.217. The lowest BCUT2D eigenvalue weighted by Crippen LogP contribution is -2.46. The van der Waals surface area contributed by atoms with Gasteiger partial charge in [-0.1, -0.05) is 30.3 Å². The summed E-state index contributed by atoms with van der Waals surface area (Å²) in [5.41, 5.74) is 10.2. The number of hydrogen-bond acceptors (Lipinski definition) is 5. The molecule has 1 aliphatic heterocycles. The second-order valence-electron chi connectivity index (χ2n) is 9.99. The van der Waals surface area contributed by atoms with E-state index >= 15 is 0 Å². The lowest BCUT2D eigenvalue weighted by molar-refractivity contribution is 0.0698. The van der Waals surface area contributed by atoms with Gasteiger partial charge in [0.05, 0.1) is 11.0 Å². The van der Waals surface area contributed by atoms with Gasteiger partial charge in [0.25, 0.3) is 11.8 Å². The first-order valence-electron chi connectivity index (χ1n) is 13.1. The van der Waals surface area contributed by atoms with Crippen LogP contribution in [0.2, 0.25) is 0 Å². The summed E-state index contributed by atoms with van der Waals surface area (Å²) in [6, 6.07) is 19.6. The number of carbonyl (C=O) groups is 2. The van der Waals surface area contributed by atoms with Gasteiger partial charge in [-0.15, -0.1) is 0 Å². The Morgan fingerprint density at radius 1 is 1.00 bits per heavy atom. The van der Waals surface area contributed by atoms with Gasteiger partial charge in [-0.3, -0.25) is 15.0 Å². The molecule has 9 nitrogen and oxygen atoms in total. The number of benzene rings is 3. The summed E-state index contributed by atoms with van der Waals surface area (Å²) in [5, 5.41) is 20.2. The predicted molar refractivity (Wildman–Crippen MR) is 150 cm³/mol. The van der Waals surface area contributed by atoms with Crippen molar-refractivity contribution in [2.45, 2.75) is 31.7 Å². The number of amides is 2. The fourth-order valence-corrected chi connectivity index (χ4v) is 5.04. The zero-order chi connectivity index (χ0) is 27.5. The number of nitrogens with one attached hydrogen (secondary N) is 2. The maximum atomic E-state index is 13.3. The lowest BCUT2D eigenvalue weighted by Gasteiger charge is -2.32. The standard InChI is InChI=1S/C30H32N6O3/c1-35-26-11-10-22(18-25(26)34-27(35)12-7-19-5-8-20(9-6-19)28(31)32)30(39)36-15-13-23(14-16-36)33-29(38)21-3-2-4-24(37)17-21/h2-6,8-11,17-18,23,37H,7,12-16H2,1H3,(H3,31,32)(H,33,38). The number of likely N-dealkylation sites (tertiary alicyclic amines) is 1. The molecule has 0 bridgehead atoms. The topological polar surface area (TPSA) is 137 Å². The zero-order valence-electron chi connectivity index (χ0n) is 21.9. The monoisotopic (exact) mass is 524 g/mol. The largest absolute Gasteiger partial charge is 0.508 e. The van der Waals surface area contributed by atoms with E-state index in [2.05, 4.69) is 9.88 Å². The number of aromatic hydroxyl groups is 1. The number of rotatable bonds is 7. The van der Waals surface area contributed by atoms with Crippen LogP contribution in [0.25, 0.3) is 11.0 Å². The number of phenolic OH excluding ortho intramolecular Hbond substituents is 1. The van der Waals surface area contributed by atoms with E-state index in [-0.39, 0.29) is 29.4 Å². The van der Waals surface area contributed by atoms with E-state index in [0.29, 0.717) is 42.6 Å². The molecule has 0 unspecified atom stereocenters. The van der Waals surface area contributed by atoms with Crippen LogP contribution in [0.1, 0.15) is 50.5 Å². The lowest BCUT2D eigenvalue weighted by atomic mass is 10.0. The van der Waals surface area contributed by atoms with Gasteiger partial charge in [0, 0.05) is 49.3 Å². The van der Waals surface area contributed by atoms with Gasteiger partial charge in [0.2, 0.25) is 0 Å². The molecule has 1 saturated heterocycles. The molecule has 0 radical (unpaired) electrons. The van der Waals surface area contributed by atoms with Gasteiger partial charge >= 0.3 is 0 Å². The van der Waals surface area contributed by atoms with E-state index in [9.17, 15) is 14.7 Å². The number of phenols is 1. The minimum absolute atomic E-state index is 0.0246. The van der Waals surface area contributed by atoms with Crippen LogP contribution in [-0.4, -0.2) is 56.3 Å². The second-order valence-corrected chi connectivity index (χ2v) is 9.99. The third-order valence-electron chi connectivity index (χ3n) is 7.35. The van der Waals surface area contributed by atoms with E-state index in [0.717, 1.165) is 35.3 Å². The molecule has 1 aliphatic rings. The highest BCUT2D eigenvalue weighted by atomic mass is 16.3. The van der Waals surface area contributed by atoms with Crippen molar-refractivity contribution in [3.05, 3.63) is 94.8 Å². The molecular formula is C30H32N6O3. The summed E-state index contributed by atoms with van der Waals surface area (Å²) in [6.07, 6.45) is 2.88. The smallest absolute Gasteiger partial charge is 0.253 e. The molecule has 5 N–H and O–H groups in total. The molecule has 0 aliphatic carbocycles. The maximum absolute atomic E-state index is 13.3. The molecule has 1 fully saturated rings. The van der Waals surface area contributed by atoms with Crippen molar-refractivity contribution < 1.29 is 14.7 Å². The van der Waals surface area contributed by atoms with Gasteiger partial charge in [-0.2, -0.15) is 0 Å². The molecule has 1 aromatic heterocycles. The number of carbonyl (C=O) groups excluding carboxylic acids is 2. The molecule has 39 heavy (non-hydrogen) atoms. The summed E-state index contributed by atoms with van der Waals surface area (Å²) < 4.78 is 2.06. The third kappa shape index (κ3) is 5.77. The van der Waals surface area contributed by atoms with Crippen molar-refractivity contribution in [1.82, 2.24) is 19.8 Å². The number of nitrogens with two attached hydrogens (primary N) is 1. The van der Waals surface area contributed by atoms with Gasteiger partial charge in [-0.05, 0) is 61.2 Å². The van der Waals surface area contributed by atoms with Crippen molar-refractivity contribution in [2.75, 3.05) is 13.1 Å². The first-order valence-corrected chi connectivity index (χ1v) is 13.1. The Balaban J connectivity index is 1.19. The Morgan fingerprint density at radius 2 is 1.72 bits per heavy atom. The summed E-state index contributed by atoms with van der Waals surface area (Å²) in [5.74, 6) is 0.796. The number of aromatic nitrogens is 2. The normalized spacial score (nSPS) is 13.9. The van der Waals surface area contributed by atoms with Gasteiger partial charge < -0.3 is 25.6 Å². The average Bonchev–Trinajstić information content (AvgIpc) is 3.26. The Hall–Kier alpha value is -4.66. The van der Waals surface area contributed by atoms with Crippen LogP contribution in [-0.2, 0) is 19.9 Å². The molecular weight excluding hydrogens is 492 g/mol. The Morgan fingerprint density at radius 3 is 2.41 bits per heavy atom. The first-order chi connectivity index (χ1) is 18.8. The van der Waals surface area contributed by atoms with Crippen LogP contribution >= 0.6 is 0 Å². The van der Waals surface area contributed by atoms with Gasteiger partial charge in [0.1, 0.15) is 17.4 Å². The number of imidazole rings is 1. The molecule has 2 heterocycles. The van der Waals surface area contributed by atoms with E-state index in [4.69, 9.17) is 16.1 Å². The molecule has 5 rings (SSSR count). The predicted octanol–water partition coefficient (Wildman–Crippen LogP) is 3.38. The molecule has 2 amide bonds. The van der Waals surface area contributed by atoms with Gasteiger partial charge in [0.15, 0.2) is 0 Å². The van der Waals surface area contributed by atoms with Crippen LogP contribution in [0.15, 0.2) is 66.7 Å². The van der Waals surface area contributed by atoms with Crippen molar-refractivity contribution in [3.8, 4) is 5.75 Å². The van der Waals surface area contributed by atoms with Crippen molar-refractivity contribution in [1.29, 1.82) is 5.41 Å². The average molecular weight is 525 g/mol. The molecule has 0 saturated carbocycles. The van der Waals surface area contributed by atoms with Crippen LogP contribution in [0.3, 0.4) is 0 Å². The van der Waals surface area contributed by atoms with Crippen LogP contribution in [0.5, 0.6) is 5.75 Å². The van der Waals surface area contributed by atoms with E-state index in [1.165, 1.54) is 12.1 Å². The summed E-state index contributed by atoms with van der Waals surface area (Å²) in [4.78, 5) is 32.4. The highest BCUT2D eigenvalue weighted by Gasteiger charge is 2.25. The van der Waals surface area contributed by atoms with Crippen LogP contribution < -0.4 is 11.1 Å². The number of nitrogens with zero attached hydrogens (tertiary/aromatic N) is 3. The van der Waals surface area contributed by atoms with Crippen LogP contribution in [0.4, 0.5) is 0 Å². The number of aryl methyl sites for hydroxylation is 3. The van der Waals surface area contributed by atoms with Crippen LogP contribution in [0, 0.1) is 5.41 Å². The number of nitrogen functional groups attached to an aromatic ring is 1. The fourth-order valence-electron chi connectivity index (χ4n) is 5.04. The first kappa shape index (κ1) is 26.0. The number of amidine groups is 1. The Labute approximate surface area is 226 Å². The Bertz CT molecular complexity index is 1530. The summed E-state index contributed by atoms with van der Waals surface area (Å²) in [6.45, 7) is 1.11. The molecule has 4 aromatic rings. The highest BCUT2D eigenvalue weighted by Crippen LogP contribution is 2.21. The van der Waals surface area contributed by atoms with Crippen molar-refractivity contribution in [3.63, 3.8) is 0 Å². The molecule has 200 valence electrons. The second kappa shape index (κ2) is 11.0. The van der Waals surface area contributed by atoms with E-state index < -0.39 is 0 Å². The van der Waals surface area contributed by atoms with E-state index in [1.54, 1.807) is 12.1 Å². The molecule has 0 atom stereocenters. The molecule has 3 aromatic carbocycles. The number of hydrogen-bond donors (Lipinski definition) is 4.